The van der Waals surface area contributed by atoms with Crippen LogP contribution in [0.15, 0.2) is 36.7 Å². The van der Waals surface area contributed by atoms with Gasteiger partial charge < -0.3 is 20.5 Å². The number of aryl methyl sites for hydroxylation is 1. The second-order valence-electron chi connectivity index (χ2n) is 6.81. The third kappa shape index (κ3) is 4.37. The van der Waals surface area contributed by atoms with Crippen molar-refractivity contribution >= 4 is 28.7 Å². The molecule has 9 heteroatoms. The number of hydrogen-bond donors (Lipinski definition) is 3. The first-order valence-corrected chi connectivity index (χ1v) is 9.43. The molecule has 0 spiro atoms. The van der Waals surface area contributed by atoms with E-state index < -0.39 is 0 Å². The quantitative estimate of drug-likeness (QED) is 0.621. The minimum Gasteiger partial charge on any atom is -0.342 e. The summed E-state index contributed by atoms with van der Waals surface area (Å²) in [7, 11) is 0. The zero-order valence-electron chi connectivity index (χ0n) is 15.9. The summed E-state index contributed by atoms with van der Waals surface area (Å²) < 4.78 is 0. The van der Waals surface area contributed by atoms with Gasteiger partial charge in [0.15, 0.2) is 0 Å². The summed E-state index contributed by atoms with van der Waals surface area (Å²) in [6.07, 6.45) is 3.53. The van der Waals surface area contributed by atoms with Crippen molar-refractivity contribution in [3.05, 3.63) is 42.5 Å². The number of fused-ring (bicyclic) bond motifs is 1. The molecule has 4 rings (SSSR count). The number of aromatic nitrogens is 4. The summed E-state index contributed by atoms with van der Waals surface area (Å²) in [5.41, 5.74) is 2.55. The zero-order valence-corrected chi connectivity index (χ0v) is 15.9. The fourth-order valence-corrected chi connectivity index (χ4v) is 3.34. The molecule has 146 valence electrons. The largest absolute Gasteiger partial charge is 0.342 e. The number of nitrogens with one attached hydrogen (secondary N) is 3. The van der Waals surface area contributed by atoms with Crippen molar-refractivity contribution in [2.45, 2.75) is 6.92 Å². The Labute approximate surface area is 163 Å². The average molecular weight is 380 g/mol. The van der Waals surface area contributed by atoms with Gasteiger partial charge in [0.05, 0.1) is 11.0 Å². The Balaban J connectivity index is 1.19. The summed E-state index contributed by atoms with van der Waals surface area (Å²) in [5, 5.41) is 5.79. The maximum Gasteiger partial charge on any atom is 0.319 e. The molecule has 0 saturated carbocycles. The van der Waals surface area contributed by atoms with Gasteiger partial charge in [0.2, 0.25) is 5.95 Å². The van der Waals surface area contributed by atoms with Crippen LogP contribution in [0.2, 0.25) is 0 Å². The predicted octanol–water partition coefficient (Wildman–Crippen LogP) is 1.61. The maximum absolute atomic E-state index is 12.1. The van der Waals surface area contributed by atoms with Gasteiger partial charge in [-0.3, -0.25) is 4.90 Å². The molecule has 0 aliphatic carbocycles. The van der Waals surface area contributed by atoms with Crippen molar-refractivity contribution in [1.29, 1.82) is 0 Å². The number of nitrogens with zero attached hydrogens (tertiary/aromatic N) is 5. The van der Waals surface area contributed by atoms with Crippen molar-refractivity contribution in [2.24, 2.45) is 0 Å². The lowest BCUT2D eigenvalue weighted by atomic mass is 10.3. The average Bonchev–Trinajstić information content (AvgIpc) is 3.08. The molecule has 1 aliphatic rings. The molecular weight excluding hydrogens is 356 g/mol. The van der Waals surface area contributed by atoms with Crippen molar-refractivity contribution in [3.63, 3.8) is 0 Å². The molecule has 0 atom stereocenters. The van der Waals surface area contributed by atoms with E-state index in [1.807, 2.05) is 31.2 Å². The molecule has 0 unspecified atom stereocenters. The van der Waals surface area contributed by atoms with Gasteiger partial charge in [-0.05, 0) is 31.2 Å². The van der Waals surface area contributed by atoms with Crippen LogP contribution in [0.5, 0.6) is 0 Å². The number of imidazole rings is 1. The highest BCUT2D eigenvalue weighted by atomic mass is 16.2. The van der Waals surface area contributed by atoms with E-state index >= 15 is 0 Å². The molecule has 1 aromatic carbocycles. The highest BCUT2D eigenvalue weighted by Crippen LogP contribution is 2.17. The summed E-state index contributed by atoms with van der Waals surface area (Å²) >= 11 is 0. The highest BCUT2D eigenvalue weighted by molar-refractivity contribution is 5.91. The topological polar surface area (TPSA) is 102 Å². The molecule has 3 N–H and O–H groups in total. The highest BCUT2D eigenvalue weighted by Gasteiger charge is 2.18. The number of hydrogen-bond acceptors (Lipinski definition) is 6. The van der Waals surface area contributed by atoms with E-state index in [0.29, 0.717) is 6.54 Å². The number of rotatable bonds is 5. The SMILES string of the molecule is Cc1nc2ccc(NC(=O)NCCN3CCN(c4ncccn4)CC3)cc2[nH]1. The monoisotopic (exact) mass is 380 g/mol. The van der Waals surface area contributed by atoms with Crippen LogP contribution in [-0.4, -0.2) is 70.1 Å². The number of amides is 2. The summed E-state index contributed by atoms with van der Waals surface area (Å²) in [5.74, 6) is 1.64. The number of urea groups is 1. The van der Waals surface area contributed by atoms with Crippen LogP contribution in [0.4, 0.5) is 16.4 Å². The number of benzene rings is 1. The summed E-state index contributed by atoms with van der Waals surface area (Å²) in [6, 6.07) is 7.26. The molecule has 2 amide bonds. The van der Waals surface area contributed by atoms with Gasteiger partial charge in [0.1, 0.15) is 5.82 Å². The van der Waals surface area contributed by atoms with Crippen LogP contribution in [0.3, 0.4) is 0 Å². The molecule has 9 nitrogen and oxygen atoms in total. The van der Waals surface area contributed by atoms with Crippen LogP contribution in [0.25, 0.3) is 11.0 Å². The fraction of sp³-hybridized carbons (Fsp3) is 0.368. The van der Waals surface area contributed by atoms with E-state index in [-0.39, 0.29) is 6.03 Å². The molecule has 3 heterocycles. The maximum atomic E-state index is 12.1. The van der Waals surface area contributed by atoms with Crippen LogP contribution in [0.1, 0.15) is 5.82 Å². The van der Waals surface area contributed by atoms with Crippen LogP contribution >= 0.6 is 0 Å². The molecular formula is C19H24N8O. The first-order valence-electron chi connectivity index (χ1n) is 9.43. The van der Waals surface area contributed by atoms with Crippen molar-refractivity contribution in [3.8, 4) is 0 Å². The number of carbonyl (C=O) groups excluding carboxylic acids is 1. The molecule has 1 saturated heterocycles. The Bertz CT molecular complexity index is 934. The minimum atomic E-state index is -0.202. The first-order chi connectivity index (χ1) is 13.7. The summed E-state index contributed by atoms with van der Waals surface area (Å²) in [6.45, 7) is 6.95. The second kappa shape index (κ2) is 8.22. The van der Waals surface area contributed by atoms with Gasteiger partial charge in [0.25, 0.3) is 0 Å². The molecule has 0 radical (unpaired) electrons. The van der Waals surface area contributed by atoms with Gasteiger partial charge in [-0.25, -0.2) is 19.7 Å². The minimum absolute atomic E-state index is 0.202. The Hall–Kier alpha value is -3.20. The van der Waals surface area contributed by atoms with E-state index in [4.69, 9.17) is 0 Å². The van der Waals surface area contributed by atoms with E-state index in [1.54, 1.807) is 12.4 Å². The van der Waals surface area contributed by atoms with Crippen molar-refractivity contribution in [1.82, 2.24) is 30.2 Å². The number of aromatic amines is 1. The number of H-pyrrole nitrogens is 1. The lowest BCUT2D eigenvalue weighted by molar-refractivity contribution is 0.240. The molecule has 3 aromatic rings. The van der Waals surface area contributed by atoms with Crippen molar-refractivity contribution in [2.75, 3.05) is 49.5 Å². The van der Waals surface area contributed by atoms with Crippen LogP contribution < -0.4 is 15.5 Å². The van der Waals surface area contributed by atoms with Crippen LogP contribution in [-0.2, 0) is 0 Å². The predicted molar refractivity (Wildman–Crippen MR) is 109 cm³/mol. The lowest BCUT2D eigenvalue weighted by Crippen LogP contribution is -2.49. The number of piperazine rings is 1. The first kappa shape index (κ1) is 18.2. The Kier molecular flexibility index (Phi) is 5.34. The fourth-order valence-electron chi connectivity index (χ4n) is 3.34. The van der Waals surface area contributed by atoms with Gasteiger partial charge in [-0.1, -0.05) is 0 Å². The lowest BCUT2D eigenvalue weighted by Gasteiger charge is -2.34. The van der Waals surface area contributed by atoms with Gasteiger partial charge >= 0.3 is 6.03 Å². The Morgan fingerprint density at radius 3 is 2.75 bits per heavy atom. The van der Waals surface area contributed by atoms with Crippen molar-refractivity contribution < 1.29 is 4.79 Å². The molecule has 1 aliphatic heterocycles. The number of carbonyl (C=O) groups is 1. The number of anilines is 2. The molecule has 2 aromatic heterocycles. The Morgan fingerprint density at radius 2 is 1.96 bits per heavy atom. The van der Waals surface area contributed by atoms with Gasteiger partial charge in [0, 0.05) is 57.3 Å². The zero-order chi connectivity index (χ0) is 19.3. The van der Waals surface area contributed by atoms with Gasteiger partial charge in [-0.2, -0.15) is 0 Å². The van der Waals surface area contributed by atoms with Crippen LogP contribution in [0, 0.1) is 6.92 Å². The van der Waals surface area contributed by atoms with E-state index in [0.717, 1.165) is 61.2 Å². The van der Waals surface area contributed by atoms with E-state index in [1.165, 1.54) is 0 Å². The van der Waals surface area contributed by atoms with E-state index in [2.05, 4.69) is 40.4 Å². The van der Waals surface area contributed by atoms with E-state index in [9.17, 15) is 4.79 Å². The summed E-state index contributed by atoms with van der Waals surface area (Å²) in [4.78, 5) is 32.8. The Morgan fingerprint density at radius 1 is 1.18 bits per heavy atom. The molecule has 0 bridgehead atoms. The second-order valence-corrected chi connectivity index (χ2v) is 6.81. The molecule has 1 fully saturated rings. The third-order valence-corrected chi connectivity index (χ3v) is 4.78. The van der Waals surface area contributed by atoms with Gasteiger partial charge in [-0.15, -0.1) is 0 Å². The third-order valence-electron chi connectivity index (χ3n) is 4.78. The smallest absolute Gasteiger partial charge is 0.319 e. The normalized spacial score (nSPS) is 15.0. The molecule has 28 heavy (non-hydrogen) atoms. The standard InChI is InChI=1S/C19H24N8O/c1-14-23-16-4-3-15(13-17(16)24-14)25-19(28)22-7-8-26-9-11-27(12-10-26)18-20-5-2-6-21-18/h2-6,13H,7-12H2,1H3,(H,23,24)(H2,22,25,28).